The normalized spacial score (nSPS) is 16.9. The van der Waals surface area contributed by atoms with Crippen molar-refractivity contribution in [2.75, 3.05) is 0 Å². The lowest BCUT2D eigenvalue weighted by molar-refractivity contribution is 0.660. The molecule has 0 spiro atoms. The Balaban J connectivity index is 1.46. The van der Waals surface area contributed by atoms with Crippen LogP contribution in [0.1, 0.15) is 48.2 Å². The van der Waals surface area contributed by atoms with Crippen molar-refractivity contribution in [2.45, 2.75) is 61.4 Å². The summed E-state index contributed by atoms with van der Waals surface area (Å²) < 4.78 is 0. The number of aromatic nitrogens is 2. The van der Waals surface area contributed by atoms with Crippen LogP contribution in [-0.2, 0) is 25.7 Å². The van der Waals surface area contributed by atoms with Crippen molar-refractivity contribution in [3.63, 3.8) is 0 Å². The zero-order valence-electron chi connectivity index (χ0n) is 12.7. The number of fused-ring (bicyclic) bond motifs is 2. The Morgan fingerprint density at radius 2 is 1.05 bits per heavy atom. The molecule has 4 heteroatoms. The fraction of sp³-hybridized carbons (Fsp3) is 0.444. The number of hydrogen-bond acceptors (Lipinski definition) is 4. The van der Waals surface area contributed by atoms with Crippen molar-refractivity contribution in [3.8, 4) is 0 Å². The predicted octanol–water partition coefficient (Wildman–Crippen LogP) is 5.03. The topological polar surface area (TPSA) is 25.8 Å². The number of nitrogens with zero attached hydrogens (tertiary/aromatic N) is 2. The maximum atomic E-state index is 4.83. The van der Waals surface area contributed by atoms with E-state index in [9.17, 15) is 0 Å². The highest BCUT2D eigenvalue weighted by molar-refractivity contribution is 8.76. The molecule has 0 aromatic carbocycles. The van der Waals surface area contributed by atoms with Gasteiger partial charge in [-0.25, -0.2) is 9.97 Å². The van der Waals surface area contributed by atoms with Crippen LogP contribution in [0.4, 0.5) is 0 Å². The Bertz CT molecular complexity index is 625. The molecule has 0 fully saturated rings. The third-order valence-corrected chi connectivity index (χ3v) is 6.67. The highest BCUT2D eigenvalue weighted by Gasteiger charge is 2.13. The molecule has 22 heavy (non-hydrogen) atoms. The van der Waals surface area contributed by atoms with Crippen LogP contribution in [0.5, 0.6) is 0 Å². The molecule has 2 aliphatic rings. The van der Waals surface area contributed by atoms with Gasteiger partial charge in [-0.2, -0.15) is 0 Å². The second kappa shape index (κ2) is 6.63. The molecule has 0 amide bonds. The summed E-state index contributed by atoms with van der Waals surface area (Å²) in [6.45, 7) is 0. The Kier molecular flexibility index (Phi) is 4.39. The molecule has 0 saturated carbocycles. The van der Waals surface area contributed by atoms with E-state index in [2.05, 4.69) is 24.3 Å². The van der Waals surface area contributed by atoms with Crippen LogP contribution in [-0.4, -0.2) is 9.97 Å². The lowest BCUT2D eigenvalue weighted by Gasteiger charge is -2.16. The lowest BCUT2D eigenvalue weighted by atomic mass is 9.96. The van der Waals surface area contributed by atoms with Gasteiger partial charge >= 0.3 is 0 Å². The molecule has 0 unspecified atom stereocenters. The van der Waals surface area contributed by atoms with E-state index in [0.717, 1.165) is 22.9 Å². The minimum Gasteiger partial charge on any atom is -0.245 e. The van der Waals surface area contributed by atoms with Gasteiger partial charge in [-0.15, -0.1) is 0 Å². The third-order valence-electron chi connectivity index (χ3n) is 4.52. The molecule has 2 aromatic heterocycles. The van der Waals surface area contributed by atoms with Crippen LogP contribution >= 0.6 is 21.6 Å². The first kappa shape index (κ1) is 14.6. The van der Waals surface area contributed by atoms with E-state index in [-0.39, 0.29) is 0 Å². The largest absolute Gasteiger partial charge is 0.245 e. The van der Waals surface area contributed by atoms with E-state index in [1.54, 1.807) is 21.6 Å². The van der Waals surface area contributed by atoms with Crippen molar-refractivity contribution in [3.05, 3.63) is 46.8 Å². The average molecular weight is 329 g/mol. The maximum Gasteiger partial charge on any atom is 0.107 e. The summed E-state index contributed by atoms with van der Waals surface area (Å²) in [5, 5.41) is 2.23. The molecule has 0 radical (unpaired) electrons. The molecule has 0 atom stereocenters. The van der Waals surface area contributed by atoms with Crippen molar-refractivity contribution in [1.29, 1.82) is 0 Å². The maximum absolute atomic E-state index is 4.83. The SMILES string of the molecule is c1cc2c(nc1SSc1ccc3c(n1)CCCC3)CCCC2. The number of aryl methyl sites for hydroxylation is 4. The molecular weight excluding hydrogens is 308 g/mol. The molecule has 0 saturated heterocycles. The second-order valence-electron chi connectivity index (χ2n) is 6.09. The molecule has 4 rings (SSSR count). The Morgan fingerprint density at radius 1 is 0.591 bits per heavy atom. The van der Waals surface area contributed by atoms with Gasteiger partial charge in [-0.3, -0.25) is 0 Å². The van der Waals surface area contributed by atoms with Gasteiger partial charge in [0.2, 0.25) is 0 Å². The molecule has 0 aliphatic heterocycles. The van der Waals surface area contributed by atoms with E-state index in [0.29, 0.717) is 0 Å². The first-order valence-electron chi connectivity index (χ1n) is 8.20. The van der Waals surface area contributed by atoms with Crippen LogP contribution in [0.25, 0.3) is 0 Å². The van der Waals surface area contributed by atoms with E-state index < -0.39 is 0 Å². The van der Waals surface area contributed by atoms with E-state index in [1.165, 1.54) is 61.0 Å². The van der Waals surface area contributed by atoms with Crippen molar-refractivity contribution in [2.24, 2.45) is 0 Å². The minimum absolute atomic E-state index is 1.12. The van der Waals surface area contributed by atoms with Gasteiger partial charge in [-0.05, 0) is 96.2 Å². The summed E-state index contributed by atoms with van der Waals surface area (Å²) in [7, 11) is 3.48. The minimum atomic E-state index is 1.12. The van der Waals surface area contributed by atoms with Crippen molar-refractivity contribution >= 4 is 21.6 Å². The van der Waals surface area contributed by atoms with Crippen LogP contribution < -0.4 is 0 Å². The zero-order valence-corrected chi connectivity index (χ0v) is 14.3. The summed E-state index contributed by atoms with van der Waals surface area (Å²) in [6, 6.07) is 8.87. The highest BCUT2D eigenvalue weighted by Crippen LogP contribution is 2.37. The molecule has 2 aliphatic carbocycles. The molecule has 2 heterocycles. The highest BCUT2D eigenvalue weighted by atomic mass is 33.1. The van der Waals surface area contributed by atoms with Gasteiger partial charge < -0.3 is 0 Å². The standard InChI is InChI=1S/C18H20N2S2/c1-3-7-15-13(5-1)9-11-17(19-15)21-22-18-12-10-14-6-2-4-8-16(14)20-18/h9-12H,1-8H2. The number of pyridine rings is 2. The van der Waals surface area contributed by atoms with Gasteiger partial charge in [0.15, 0.2) is 0 Å². The van der Waals surface area contributed by atoms with Crippen LogP contribution in [0.15, 0.2) is 34.3 Å². The number of hydrogen-bond donors (Lipinski definition) is 0. The van der Waals surface area contributed by atoms with Crippen LogP contribution in [0, 0.1) is 0 Å². The van der Waals surface area contributed by atoms with Gasteiger partial charge in [0.25, 0.3) is 0 Å². The van der Waals surface area contributed by atoms with E-state index >= 15 is 0 Å². The monoisotopic (exact) mass is 328 g/mol. The molecule has 0 bridgehead atoms. The zero-order chi connectivity index (χ0) is 14.8. The molecule has 0 N–H and O–H groups in total. The fourth-order valence-corrected chi connectivity index (χ4v) is 5.08. The first-order valence-corrected chi connectivity index (χ1v) is 10.4. The average Bonchev–Trinajstić information content (AvgIpc) is 2.59. The summed E-state index contributed by atoms with van der Waals surface area (Å²) in [5.41, 5.74) is 5.53. The van der Waals surface area contributed by atoms with Crippen molar-refractivity contribution in [1.82, 2.24) is 9.97 Å². The molecule has 114 valence electrons. The lowest BCUT2D eigenvalue weighted by Crippen LogP contribution is -2.05. The second-order valence-corrected chi connectivity index (χ2v) is 8.26. The smallest absolute Gasteiger partial charge is 0.107 e. The van der Waals surface area contributed by atoms with E-state index in [1.807, 2.05) is 0 Å². The van der Waals surface area contributed by atoms with Gasteiger partial charge in [0.05, 0.1) is 0 Å². The van der Waals surface area contributed by atoms with Crippen molar-refractivity contribution < 1.29 is 0 Å². The molecule has 2 nitrogen and oxygen atoms in total. The summed E-state index contributed by atoms with van der Waals surface area (Å²) in [5.74, 6) is 0. The Morgan fingerprint density at radius 3 is 1.55 bits per heavy atom. The number of rotatable bonds is 3. The quantitative estimate of drug-likeness (QED) is 0.738. The molecule has 2 aromatic rings. The summed E-state index contributed by atoms with van der Waals surface area (Å²) in [4.78, 5) is 9.66. The van der Waals surface area contributed by atoms with Crippen LogP contribution in [0.2, 0.25) is 0 Å². The van der Waals surface area contributed by atoms with Crippen LogP contribution in [0.3, 0.4) is 0 Å². The fourth-order valence-electron chi connectivity index (χ4n) is 3.30. The van der Waals surface area contributed by atoms with Gasteiger partial charge in [0, 0.05) is 11.4 Å². The third kappa shape index (κ3) is 3.18. The summed E-state index contributed by atoms with van der Waals surface area (Å²) in [6.07, 6.45) is 9.89. The van der Waals surface area contributed by atoms with Gasteiger partial charge in [-0.1, -0.05) is 12.1 Å². The van der Waals surface area contributed by atoms with E-state index in [4.69, 9.17) is 9.97 Å². The predicted molar refractivity (Wildman–Crippen MR) is 93.5 cm³/mol. The Labute approximate surface area is 139 Å². The first-order chi connectivity index (χ1) is 10.9. The Hall–Kier alpha value is -1.00. The summed E-state index contributed by atoms with van der Waals surface area (Å²) >= 11 is 0. The van der Waals surface area contributed by atoms with Gasteiger partial charge in [0.1, 0.15) is 10.1 Å². The molecular formula is C18H20N2S2.